The molecule has 0 spiro atoms. The first-order valence-electron chi connectivity index (χ1n) is 7.00. The van der Waals surface area contributed by atoms with Crippen molar-refractivity contribution in [3.63, 3.8) is 0 Å². The predicted octanol–water partition coefficient (Wildman–Crippen LogP) is 3.59. The van der Waals surface area contributed by atoms with Gasteiger partial charge in [-0.25, -0.2) is 0 Å². The summed E-state index contributed by atoms with van der Waals surface area (Å²) in [5.41, 5.74) is 2.35. The number of benzene rings is 1. The number of amides is 1. The molecule has 5 heteroatoms. The van der Waals surface area contributed by atoms with E-state index in [1.165, 1.54) is 19.0 Å². The molecule has 1 aliphatic rings. The molecule has 0 unspecified atom stereocenters. The number of aromatic nitrogens is 1. The van der Waals surface area contributed by atoms with Gasteiger partial charge in [-0.3, -0.25) is 9.78 Å². The van der Waals surface area contributed by atoms with Crippen LogP contribution in [0.2, 0.25) is 5.02 Å². The average Bonchev–Trinajstić information content (AvgIpc) is 3.02. The molecular formula is C16H16ClN3O. The van der Waals surface area contributed by atoms with Crippen LogP contribution in [-0.4, -0.2) is 24.0 Å². The summed E-state index contributed by atoms with van der Waals surface area (Å²) in [7, 11) is 0. The molecule has 1 saturated heterocycles. The minimum atomic E-state index is -0.221. The molecule has 2 aromatic rings. The first-order valence-corrected chi connectivity index (χ1v) is 7.38. The molecule has 21 heavy (non-hydrogen) atoms. The third kappa shape index (κ3) is 3.16. The number of carbonyl (C=O) groups excluding carboxylic acids is 1. The Morgan fingerprint density at radius 1 is 1.24 bits per heavy atom. The Kier molecular flexibility index (Phi) is 4.06. The second kappa shape index (κ2) is 6.14. The fourth-order valence-electron chi connectivity index (χ4n) is 2.51. The molecule has 1 N–H and O–H groups in total. The second-order valence-corrected chi connectivity index (χ2v) is 5.46. The summed E-state index contributed by atoms with van der Waals surface area (Å²) in [6, 6.07) is 9.52. The van der Waals surface area contributed by atoms with Gasteiger partial charge in [-0.2, -0.15) is 0 Å². The zero-order valence-corrected chi connectivity index (χ0v) is 12.3. The topological polar surface area (TPSA) is 45.2 Å². The van der Waals surface area contributed by atoms with Gasteiger partial charge in [0.15, 0.2) is 0 Å². The molecule has 0 aliphatic carbocycles. The zero-order chi connectivity index (χ0) is 14.7. The fourth-order valence-corrected chi connectivity index (χ4v) is 2.72. The zero-order valence-electron chi connectivity index (χ0n) is 11.6. The maximum absolute atomic E-state index is 12.2. The van der Waals surface area contributed by atoms with Gasteiger partial charge >= 0.3 is 0 Å². The standard InChI is InChI=1S/C16H16ClN3O/c17-15-11-18-7-6-14(15)16(21)19-12-4-3-5-13(10-12)20-8-1-2-9-20/h3-7,10-11H,1-2,8-9H2,(H,19,21). The molecule has 0 saturated carbocycles. The van der Waals surface area contributed by atoms with E-state index in [1.54, 1.807) is 12.3 Å². The van der Waals surface area contributed by atoms with E-state index in [0.29, 0.717) is 10.6 Å². The molecule has 1 aromatic heterocycles. The van der Waals surface area contributed by atoms with Crippen LogP contribution in [-0.2, 0) is 0 Å². The van der Waals surface area contributed by atoms with E-state index in [2.05, 4.69) is 21.3 Å². The maximum Gasteiger partial charge on any atom is 0.257 e. The van der Waals surface area contributed by atoms with Gasteiger partial charge < -0.3 is 10.2 Å². The first-order chi connectivity index (χ1) is 10.2. The van der Waals surface area contributed by atoms with E-state index in [1.807, 2.05) is 18.2 Å². The Morgan fingerprint density at radius 2 is 2.05 bits per heavy atom. The van der Waals surface area contributed by atoms with Crippen LogP contribution >= 0.6 is 11.6 Å². The van der Waals surface area contributed by atoms with Gasteiger partial charge in [0, 0.05) is 36.9 Å². The van der Waals surface area contributed by atoms with E-state index in [4.69, 9.17) is 11.6 Å². The van der Waals surface area contributed by atoms with Crippen molar-refractivity contribution in [1.82, 2.24) is 4.98 Å². The number of rotatable bonds is 3. The number of pyridine rings is 1. The van der Waals surface area contributed by atoms with Crippen LogP contribution in [0.25, 0.3) is 0 Å². The number of hydrogen-bond donors (Lipinski definition) is 1. The molecule has 4 nitrogen and oxygen atoms in total. The number of hydrogen-bond acceptors (Lipinski definition) is 3. The largest absolute Gasteiger partial charge is 0.371 e. The van der Waals surface area contributed by atoms with Crippen LogP contribution < -0.4 is 10.2 Å². The number of carbonyl (C=O) groups is 1. The lowest BCUT2D eigenvalue weighted by Gasteiger charge is -2.18. The number of nitrogens with one attached hydrogen (secondary N) is 1. The van der Waals surface area contributed by atoms with Gasteiger partial charge in [0.05, 0.1) is 10.6 Å². The van der Waals surface area contributed by atoms with E-state index in [-0.39, 0.29) is 5.91 Å². The van der Waals surface area contributed by atoms with Gasteiger partial charge in [0.25, 0.3) is 5.91 Å². The van der Waals surface area contributed by atoms with Crippen molar-refractivity contribution in [2.24, 2.45) is 0 Å². The molecule has 0 radical (unpaired) electrons. The van der Waals surface area contributed by atoms with Gasteiger partial charge in [-0.05, 0) is 37.1 Å². The van der Waals surface area contributed by atoms with E-state index in [9.17, 15) is 4.79 Å². The molecule has 1 aromatic carbocycles. The lowest BCUT2D eigenvalue weighted by atomic mass is 10.2. The van der Waals surface area contributed by atoms with Crippen molar-refractivity contribution in [1.29, 1.82) is 0 Å². The molecular weight excluding hydrogens is 286 g/mol. The molecule has 108 valence electrons. The summed E-state index contributed by atoms with van der Waals surface area (Å²) in [6.07, 6.45) is 5.48. The molecule has 0 bridgehead atoms. The Morgan fingerprint density at radius 3 is 2.81 bits per heavy atom. The molecule has 3 rings (SSSR count). The van der Waals surface area contributed by atoms with Crippen LogP contribution in [0.3, 0.4) is 0 Å². The summed E-state index contributed by atoms with van der Waals surface area (Å²) in [5, 5.41) is 3.24. The van der Waals surface area contributed by atoms with Crippen LogP contribution in [0.5, 0.6) is 0 Å². The van der Waals surface area contributed by atoms with Crippen molar-refractivity contribution in [2.75, 3.05) is 23.3 Å². The highest BCUT2D eigenvalue weighted by molar-refractivity contribution is 6.34. The van der Waals surface area contributed by atoms with Gasteiger partial charge in [0.2, 0.25) is 0 Å². The number of nitrogens with zero attached hydrogens (tertiary/aromatic N) is 2. The predicted molar refractivity (Wildman–Crippen MR) is 85.1 cm³/mol. The maximum atomic E-state index is 12.2. The van der Waals surface area contributed by atoms with Gasteiger partial charge in [0.1, 0.15) is 0 Å². The summed E-state index contributed by atoms with van der Waals surface area (Å²) >= 11 is 5.99. The monoisotopic (exact) mass is 301 g/mol. The van der Waals surface area contributed by atoms with Crippen LogP contribution in [0.1, 0.15) is 23.2 Å². The van der Waals surface area contributed by atoms with E-state index >= 15 is 0 Å². The van der Waals surface area contributed by atoms with Crippen molar-refractivity contribution in [3.8, 4) is 0 Å². The minimum Gasteiger partial charge on any atom is -0.371 e. The Balaban J connectivity index is 1.77. The van der Waals surface area contributed by atoms with Crippen molar-refractivity contribution < 1.29 is 4.79 Å². The highest BCUT2D eigenvalue weighted by Gasteiger charge is 2.14. The fraction of sp³-hybridized carbons (Fsp3) is 0.250. The summed E-state index contributed by atoms with van der Waals surface area (Å²) in [5.74, 6) is -0.221. The average molecular weight is 302 g/mol. The SMILES string of the molecule is O=C(Nc1cccc(N2CCCC2)c1)c1ccncc1Cl. The Hall–Kier alpha value is -2.07. The third-order valence-electron chi connectivity index (χ3n) is 3.59. The molecule has 1 fully saturated rings. The Bertz CT molecular complexity index is 653. The third-order valence-corrected chi connectivity index (χ3v) is 3.89. The van der Waals surface area contributed by atoms with Crippen molar-refractivity contribution in [3.05, 3.63) is 53.3 Å². The van der Waals surface area contributed by atoms with Crippen LogP contribution in [0.15, 0.2) is 42.7 Å². The highest BCUT2D eigenvalue weighted by Crippen LogP contribution is 2.24. The number of anilines is 2. The second-order valence-electron chi connectivity index (χ2n) is 5.05. The smallest absolute Gasteiger partial charge is 0.257 e. The minimum absolute atomic E-state index is 0.221. The summed E-state index contributed by atoms with van der Waals surface area (Å²) in [4.78, 5) is 18.4. The van der Waals surface area contributed by atoms with Gasteiger partial charge in [-0.15, -0.1) is 0 Å². The summed E-state index contributed by atoms with van der Waals surface area (Å²) < 4.78 is 0. The van der Waals surface area contributed by atoms with Crippen molar-refractivity contribution in [2.45, 2.75) is 12.8 Å². The quantitative estimate of drug-likeness (QED) is 0.942. The molecule has 0 atom stereocenters. The Labute approximate surface area is 128 Å². The molecule has 1 aliphatic heterocycles. The number of halogens is 1. The normalized spacial score (nSPS) is 14.2. The highest BCUT2D eigenvalue weighted by atomic mass is 35.5. The van der Waals surface area contributed by atoms with E-state index < -0.39 is 0 Å². The van der Waals surface area contributed by atoms with Crippen LogP contribution in [0.4, 0.5) is 11.4 Å². The van der Waals surface area contributed by atoms with Crippen molar-refractivity contribution >= 4 is 28.9 Å². The van der Waals surface area contributed by atoms with Gasteiger partial charge in [-0.1, -0.05) is 17.7 Å². The lowest BCUT2D eigenvalue weighted by molar-refractivity contribution is 0.102. The van der Waals surface area contributed by atoms with Crippen LogP contribution in [0, 0.1) is 0 Å². The lowest BCUT2D eigenvalue weighted by Crippen LogP contribution is -2.18. The molecule has 1 amide bonds. The summed E-state index contributed by atoms with van der Waals surface area (Å²) in [6.45, 7) is 2.15. The molecule has 2 heterocycles. The van der Waals surface area contributed by atoms with E-state index in [0.717, 1.165) is 24.5 Å². The first kappa shape index (κ1) is 13.9.